The van der Waals surface area contributed by atoms with E-state index in [9.17, 15) is 18.0 Å². The number of para-hydroxylation sites is 1. The van der Waals surface area contributed by atoms with Crippen molar-refractivity contribution in [2.45, 2.75) is 32.6 Å². The Kier molecular flexibility index (Phi) is 4.92. The maximum Gasteiger partial charge on any atom is 0.435 e. The first-order chi connectivity index (χ1) is 12.3. The van der Waals surface area contributed by atoms with Gasteiger partial charge in [0.25, 0.3) is 0 Å². The zero-order chi connectivity index (χ0) is 18.7. The number of halogens is 3. The summed E-state index contributed by atoms with van der Waals surface area (Å²) in [6.07, 6.45) is -3.99. The van der Waals surface area contributed by atoms with Gasteiger partial charge in [-0.05, 0) is 31.5 Å². The Hall–Kier alpha value is -2.91. The van der Waals surface area contributed by atoms with Crippen molar-refractivity contribution in [3.8, 4) is 0 Å². The summed E-state index contributed by atoms with van der Waals surface area (Å²) < 4.78 is 40.7. The first-order valence-electron chi connectivity index (χ1n) is 8.01. The number of hydrogen-bond donors (Lipinski definition) is 1. The summed E-state index contributed by atoms with van der Waals surface area (Å²) >= 11 is 0. The molecule has 0 aliphatic carbocycles. The summed E-state index contributed by atoms with van der Waals surface area (Å²) in [5.41, 5.74) is 0.985. The molecular formula is C16H17F3N6O. The molecule has 0 spiro atoms. The lowest BCUT2D eigenvalue weighted by atomic mass is 10.3. The number of nitrogens with zero attached hydrogens (tertiary/aromatic N) is 5. The van der Waals surface area contributed by atoms with Crippen molar-refractivity contribution in [1.82, 2.24) is 30.1 Å². The van der Waals surface area contributed by atoms with E-state index in [0.29, 0.717) is 24.2 Å². The van der Waals surface area contributed by atoms with E-state index in [1.807, 2.05) is 18.2 Å². The van der Waals surface area contributed by atoms with Crippen molar-refractivity contribution in [2.24, 2.45) is 0 Å². The Morgan fingerprint density at radius 2 is 2.00 bits per heavy atom. The fourth-order valence-electron chi connectivity index (χ4n) is 2.56. The second kappa shape index (κ2) is 7.14. The van der Waals surface area contributed by atoms with Gasteiger partial charge in [-0.2, -0.15) is 18.3 Å². The van der Waals surface area contributed by atoms with Crippen molar-refractivity contribution in [1.29, 1.82) is 0 Å². The average Bonchev–Trinajstić information content (AvgIpc) is 3.16. The largest absolute Gasteiger partial charge is 0.435 e. The molecule has 1 amide bonds. The van der Waals surface area contributed by atoms with Crippen LogP contribution in [0.3, 0.4) is 0 Å². The van der Waals surface area contributed by atoms with Crippen LogP contribution < -0.4 is 5.32 Å². The predicted molar refractivity (Wildman–Crippen MR) is 87.1 cm³/mol. The monoisotopic (exact) mass is 366 g/mol. The van der Waals surface area contributed by atoms with Crippen molar-refractivity contribution >= 4 is 16.9 Å². The van der Waals surface area contributed by atoms with Gasteiger partial charge >= 0.3 is 6.18 Å². The maximum atomic E-state index is 12.6. The molecule has 3 aromatic rings. The van der Waals surface area contributed by atoms with E-state index in [4.69, 9.17) is 0 Å². The molecule has 0 bridgehead atoms. The third kappa shape index (κ3) is 4.01. The van der Waals surface area contributed by atoms with Crippen LogP contribution in [0.5, 0.6) is 0 Å². The molecule has 0 fully saturated rings. The molecule has 26 heavy (non-hydrogen) atoms. The number of hydrogen-bond acceptors (Lipinski definition) is 4. The minimum absolute atomic E-state index is 0.0273. The fraction of sp³-hybridized carbons (Fsp3) is 0.375. The number of fused-ring (bicyclic) bond motifs is 1. The highest BCUT2D eigenvalue weighted by molar-refractivity contribution is 5.79. The summed E-state index contributed by atoms with van der Waals surface area (Å²) in [6.45, 7) is 2.21. The van der Waals surface area contributed by atoms with Gasteiger partial charge < -0.3 is 5.32 Å². The molecule has 2 aromatic heterocycles. The smallest absolute Gasteiger partial charge is 0.354 e. The topological polar surface area (TPSA) is 77.6 Å². The van der Waals surface area contributed by atoms with E-state index >= 15 is 0 Å². The van der Waals surface area contributed by atoms with E-state index in [2.05, 4.69) is 20.7 Å². The summed E-state index contributed by atoms with van der Waals surface area (Å²) in [5.74, 6) is -0.242. The number of rotatable bonds is 6. The second-order valence-electron chi connectivity index (χ2n) is 5.83. The van der Waals surface area contributed by atoms with Crippen LogP contribution in [0.15, 0.2) is 30.3 Å². The number of benzene rings is 1. The highest BCUT2D eigenvalue weighted by Gasteiger charge is 2.34. The van der Waals surface area contributed by atoms with Gasteiger partial charge in [-0.15, -0.1) is 5.10 Å². The number of carbonyl (C=O) groups excluding carboxylic acids is 1. The molecule has 2 heterocycles. The maximum absolute atomic E-state index is 12.6. The quantitative estimate of drug-likeness (QED) is 0.678. The zero-order valence-corrected chi connectivity index (χ0v) is 14.0. The number of amides is 1. The lowest BCUT2D eigenvalue weighted by molar-refractivity contribution is -0.141. The summed E-state index contributed by atoms with van der Waals surface area (Å²) in [6, 6.07) is 8.30. The molecule has 0 aliphatic heterocycles. The molecular weight excluding hydrogens is 349 g/mol. The van der Waals surface area contributed by atoms with Crippen molar-refractivity contribution < 1.29 is 18.0 Å². The first-order valence-corrected chi connectivity index (χ1v) is 8.01. The number of aromatic nitrogens is 5. The molecule has 1 aromatic carbocycles. The van der Waals surface area contributed by atoms with Crippen LogP contribution in [0.25, 0.3) is 11.0 Å². The molecule has 0 atom stereocenters. The highest BCUT2D eigenvalue weighted by Crippen LogP contribution is 2.28. The van der Waals surface area contributed by atoms with Gasteiger partial charge in [-0.1, -0.05) is 17.3 Å². The summed E-state index contributed by atoms with van der Waals surface area (Å²) in [5, 5.41) is 14.2. The third-order valence-electron chi connectivity index (χ3n) is 3.85. The van der Waals surface area contributed by atoms with Crippen LogP contribution >= 0.6 is 0 Å². The molecule has 0 saturated heterocycles. The molecule has 7 nitrogen and oxygen atoms in total. The first kappa shape index (κ1) is 17.9. The minimum atomic E-state index is -4.45. The van der Waals surface area contributed by atoms with Gasteiger partial charge in [0.2, 0.25) is 5.91 Å². The normalized spacial score (nSPS) is 11.8. The second-order valence-corrected chi connectivity index (χ2v) is 5.83. The number of alkyl halides is 3. The van der Waals surface area contributed by atoms with E-state index < -0.39 is 11.9 Å². The molecule has 3 rings (SSSR count). The average molecular weight is 366 g/mol. The molecule has 0 radical (unpaired) electrons. The Morgan fingerprint density at radius 3 is 2.73 bits per heavy atom. The van der Waals surface area contributed by atoms with Crippen molar-refractivity contribution in [2.75, 3.05) is 6.54 Å². The van der Waals surface area contributed by atoms with Gasteiger partial charge in [-0.3, -0.25) is 9.48 Å². The van der Waals surface area contributed by atoms with Crippen LogP contribution in [0, 0.1) is 6.92 Å². The van der Waals surface area contributed by atoms with E-state index in [0.717, 1.165) is 11.6 Å². The van der Waals surface area contributed by atoms with Gasteiger partial charge in [0.15, 0.2) is 5.69 Å². The third-order valence-corrected chi connectivity index (χ3v) is 3.85. The predicted octanol–water partition coefficient (Wildman–Crippen LogP) is 2.16. The van der Waals surface area contributed by atoms with Crippen LogP contribution in [-0.2, 0) is 24.1 Å². The molecule has 0 aliphatic rings. The van der Waals surface area contributed by atoms with Crippen molar-refractivity contribution in [3.05, 3.63) is 41.7 Å². The Labute approximate surface area is 146 Å². The van der Waals surface area contributed by atoms with Crippen LogP contribution in [0.2, 0.25) is 0 Å². The Morgan fingerprint density at radius 1 is 1.23 bits per heavy atom. The zero-order valence-electron chi connectivity index (χ0n) is 14.0. The number of carbonyl (C=O) groups is 1. The van der Waals surface area contributed by atoms with E-state index in [-0.39, 0.29) is 19.0 Å². The number of nitrogens with one attached hydrogen (secondary N) is 1. The minimum Gasteiger partial charge on any atom is -0.354 e. The molecule has 0 unspecified atom stereocenters. The van der Waals surface area contributed by atoms with Crippen LogP contribution in [0.1, 0.15) is 17.8 Å². The highest BCUT2D eigenvalue weighted by atomic mass is 19.4. The molecule has 1 N–H and O–H groups in total. The SMILES string of the molecule is Cc1cc(C(F)(F)F)nn1CCCNC(=O)Cn1nnc2ccccc21. The van der Waals surface area contributed by atoms with Gasteiger partial charge in [0.1, 0.15) is 12.1 Å². The number of aryl methyl sites for hydroxylation is 2. The van der Waals surface area contributed by atoms with Gasteiger partial charge in [0, 0.05) is 18.8 Å². The lowest BCUT2D eigenvalue weighted by Crippen LogP contribution is -2.29. The van der Waals surface area contributed by atoms with Gasteiger partial charge in [0.05, 0.1) is 5.52 Å². The molecule has 138 valence electrons. The van der Waals surface area contributed by atoms with E-state index in [1.165, 1.54) is 9.36 Å². The fourth-order valence-corrected chi connectivity index (χ4v) is 2.56. The lowest BCUT2D eigenvalue weighted by Gasteiger charge is -2.07. The molecule has 10 heteroatoms. The van der Waals surface area contributed by atoms with Crippen LogP contribution in [-0.4, -0.2) is 37.2 Å². The van der Waals surface area contributed by atoms with Crippen molar-refractivity contribution in [3.63, 3.8) is 0 Å². The summed E-state index contributed by atoms with van der Waals surface area (Å²) in [7, 11) is 0. The Bertz CT molecular complexity index is 914. The van der Waals surface area contributed by atoms with E-state index in [1.54, 1.807) is 13.0 Å². The summed E-state index contributed by atoms with van der Waals surface area (Å²) in [4.78, 5) is 12.0. The Balaban J connectivity index is 1.48. The van der Waals surface area contributed by atoms with Gasteiger partial charge in [-0.25, -0.2) is 4.68 Å². The van der Waals surface area contributed by atoms with Crippen LogP contribution in [0.4, 0.5) is 13.2 Å². The standard InChI is InChI=1S/C16H17F3N6O/c1-11-9-14(16(17,18)19)22-24(11)8-4-7-20-15(26)10-25-13-6-3-2-5-12(13)21-23-25/h2-3,5-6,9H,4,7-8,10H2,1H3,(H,20,26). The molecule has 0 saturated carbocycles.